The van der Waals surface area contributed by atoms with Crippen molar-refractivity contribution in [1.82, 2.24) is 14.9 Å². The number of nitrogens with zero attached hydrogens (tertiary/aromatic N) is 3. The Labute approximate surface area is 178 Å². The standard InChI is InChI=1S/C22H20ClFN4O2/c23-16-3-1-2-15(12-16)21-22(26-9-8-25-21)19-13-28(10-11-30-19)14-20(29)27-18-6-4-17(24)5-7-18/h1-9,12,19H,10-11,13-14H2,(H,27,29). The first kappa shape index (κ1) is 20.4. The van der Waals surface area contributed by atoms with Crippen LogP contribution in [0.25, 0.3) is 11.3 Å². The van der Waals surface area contributed by atoms with Crippen molar-refractivity contribution in [2.45, 2.75) is 6.10 Å². The molecule has 6 nitrogen and oxygen atoms in total. The number of carbonyl (C=O) groups excluding carboxylic acids is 1. The number of hydrogen-bond acceptors (Lipinski definition) is 5. The molecule has 3 aromatic rings. The van der Waals surface area contributed by atoms with E-state index in [1.807, 2.05) is 23.1 Å². The van der Waals surface area contributed by atoms with Gasteiger partial charge in [-0.3, -0.25) is 19.7 Å². The topological polar surface area (TPSA) is 67.4 Å². The van der Waals surface area contributed by atoms with Crippen LogP contribution in [0.5, 0.6) is 0 Å². The minimum Gasteiger partial charge on any atom is -0.369 e. The molecule has 0 saturated carbocycles. The number of hydrogen-bond donors (Lipinski definition) is 1. The number of ether oxygens (including phenoxy) is 1. The maximum absolute atomic E-state index is 13.0. The molecule has 0 aliphatic carbocycles. The largest absolute Gasteiger partial charge is 0.369 e. The van der Waals surface area contributed by atoms with Crippen molar-refractivity contribution in [2.75, 3.05) is 31.6 Å². The highest BCUT2D eigenvalue weighted by atomic mass is 35.5. The van der Waals surface area contributed by atoms with E-state index in [9.17, 15) is 9.18 Å². The van der Waals surface area contributed by atoms with Crippen molar-refractivity contribution in [3.63, 3.8) is 0 Å². The summed E-state index contributed by atoms with van der Waals surface area (Å²) in [4.78, 5) is 23.4. The number of nitrogens with one attached hydrogen (secondary N) is 1. The first-order valence-electron chi connectivity index (χ1n) is 9.55. The highest BCUT2D eigenvalue weighted by Crippen LogP contribution is 2.30. The van der Waals surface area contributed by atoms with E-state index in [1.165, 1.54) is 24.3 Å². The molecule has 1 atom stereocenters. The van der Waals surface area contributed by atoms with Gasteiger partial charge in [-0.05, 0) is 36.4 Å². The van der Waals surface area contributed by atoms with Crippen molar-refractivity contribution in [3.8, 4) is 11.3 Å². The molecule has 0 spiro atoms. The van der Waals surface area contributed by atoms with Crippen LogP contribution in [0, 0.1) is 5.82 Å². The molecular formula is C22H20ClFN4O2. The van der Waals surface area contributed by atoms with E-state index in [0.717, 1.165) is 5.56 Å². The molecule has 2 aromatic carbocycles. The second-order valence-electron chi connectivity index (χ2n) is 6.95. The molecule has 1 aromatic heterocycles. The van der Waals surface area contributed by atoms with Crippen molar-refractivity contribution < 1.29 is 13.9 Å². The van der Waals surface area contributed by atoms with Crippen molar-refractivity contribution in [1.29, 1.82) is 0 Å². The molecule has 1 saturated heterocycles. The second kappa shape index (κ2) is 9.30. The Morgan fingerprint density at radius 3 is 2.80 bits per heavy atom. The smallest absolute Gasteiger partial charge is 0.238 e. The molecule has 0 radical (unpaired) electrons. The van der Waals surface area contributed by atoms with Gasteiger partial charge in [0.15, 0.2) is 0 Å². The van der Waals surface area contributed by atoms with Gasteiger partial charge in [0.2, 0.25) is 5.91 Å². The van der Waals surface area contributed by atoms with Gasteiger partial charge in [-0.2, -0.15) is 0 Å². The summed E-state index contributed by atoms with van der Waals surface area (Å²) in [6.45, 7) is 1.80. The minimum absolute atomic E-state index is 0.170. The summed E-state index contributed by atoms with van der Waals surface area (Å²) in [5, 5.41) is 3.40. The summed E-state index contributed by atoms with van der Waals surface area (Å²) in [6.07, 6.45) is 2.95. The predicted octanol–water partition coefficient (Wildman–Crippen LogP) is 3.95. The molecular weight excluding hydrogens is 407 g/mol. The molecule has 1 N–H and O–H groups in total. The maximum Gasteiger partial charge on any atom is 0.238 e. The average molecular weight is 427 g/mol. The number of amides is 1. The molecule has 1 aliphatic rings. The maximum atomic E-state index is 13.0. The summed E-state index contributed by atoms with van der Waals surface area (Å²) in [5.41, 5.74) is 2.84. The summed E-state index contributed by atoms with van der Waals surface area (Å²) in [5.74, 6) is -0.514. The summed E-state index contributed by atoms with van der Waals surface area (Å²) in [7, 11) is 0. The third kappa shape index (κ3) is 4.99. The predicted molar refractivity (Wildman–Crippen MR) is 113 cm³/mol. The zero-order chi connectivity index (χ0) is 20.9. The number of halogens is 2. The molecule has 1 amide bonds. The SMILES string of the molecule is O=C(CN1CCOC(c2nccnc2-c2cccc(Cl)c2)C1)Nc1ccc(F)cc1. The van der Waals surface area contributed by atoms with E-state index in [4.69, 9.17) is 16.3 Å². The van der Waals surface area contributed by atoms with E-state index in [2.05, 4.69) is 15.3 Å². The Hall–Kier alpha value is -2.87. The zero-order valence-electron chi connectivity index (χ0n) is 16.1. The number of anilines is 1. The lowest BCUT2D eigenvalue weighted by atomic mass is 10.1. The number of rotatable bonds is 5. The lowest BCUT2D eigenvalue weighted by Crippen LogP contribution is -2.42. The highest BCUT2D eigenvalue weighted by Gasteiger charge is 2.27. The van der Waals surface area contributed by atoms with Crippen LogP contribution < -0.4 is 5.32 Å². The van der Waals surface area contributed by atoms with Crippen LogP contribution >= 0.6 is 11.6 Å². The van der Waals surface area contributed by atoms with Crippen LogP contribution in [0.1, 0.15) is 11.8 Å². The molecule has 1 unspecified atom stereocenters. The van der Waals surface area contributed by atoms with E-state index in [-0.39, 0.29) is 24.4 Å². The van der Waals surface area contributed by atoms with Crippen molar-refractivity contribution in [3.05, 3.63) is 77.5 Å². The van der Waals surface area contributed by atoms with Crippen LogP contribution in [-0.2, 0) is 9.53 Å². The lowest BCUT2D eigenvalue weighted by molar-refractivity contribution is -0.119. The highest BCUT2D eigenvalue weighted by molar-refractivity contribution is 6.30. The Morgan fingerprint density at radius 1 is 1.20 bits per heavy atom. The van der Waals surface area contributed by atoms with Crippen molar-refractivity contribution in [2.24, 2.45) is 0 Å². The van der Waals surface area contributed by atoms with Gasteiger partial charge < -0.3 is 10.1 Å². The number of carbonyl (C=O) groups is 1. The lowest BCUT2D eigenvalue weighted by Gasteiger charge is -2.32. The molecule has 0 bridgehead atoms. The van der Waals surface area contributed by atoms with Crippen LogP contribution in [0.3, 0.4) is 0 Å². The third-order valence-corrected chi connectivity index (χ3v) is 5.01. The molecule has 2 heterocycles. The van der Waals surface area contributed by atoms with Gasteiger partial charge in [0.05, 0.1) is 24.5 Å². The first-order chi connectivity index (χ1) is 14.6. The normalized spacial score (nSPS) is 16.9. The van der Waals surface area contributed by atoms with Gasteiger partial charge in [-0.15, -0.1) is 0 Å². The molecule has 1 aliphatic heterocycles. The van der Waals surface area contributed by atoms with Gasteiger partial charge in [0, 0.05) is 41.8 Å². The number of benzene rings is 2. The second-order valence-corrected chi connectivity index (χ2v) is 7.39. The van der Waals surface area contributed by atoms with Crippen LogP contribution in [0.4, 0.5) is 10.1 Å². The summed E-state index contributed by atoms with van der Waals surface area (Å²) < 4.78 is 19.0. The van der Waals surface area contributed by atoms with Gasteiger partial charge in [-0.1, -0.05) is 23.7 Å². The fraction of sp³-hybridized carbons (Fsp3) is 0.227. The molecule has 1 fully saturated rings. The fourth-order valence-corrected chi connectivity index (χ4v) is 3.58. The average Bonchev–Trinajstić information content (AvgIpc) is 2.75. The third-order valence-electron chi connectivity index (χ3n) is 4.78. The van der Waals surface area contributed by atoms with Crippen LogP contribution in [-0.4, -0.2) is 47.0 Å². The Balaban J connectivity index is 1.45. The molecule has 154 valence electrons. The van der Waals surface area contributed by atoms with Gasteiger partial charge >= 0.3 is 0 Å². The van der Waals surface area contributed by atoms with E-state index < -0.39 is 0 Å². The van der Waals surface area contributed by atoms with Crippen molar-refractivity contribution >= 4 is 23.2 Å². The number of aromatic nitrogens is 2. The fourth-order valence-electron chi connectivity index (χ4n) is 3.39. The van der Waals surface area contributed by atoms with E-state index in [0.29, 0.717) is 41.8 Å². The first-order valence-corrected chi connectivity index (χ1v) is 9.92. The van der Waals surface area contributed by atoms with Gasteiger partial charge in [0.25, 0.3) is 0 Å². The molecule has 4 rings (SSSR count). The van der Waals surface area contributed by atoms with E-state index in [1.54, 1.807) is 18.5 Å². The zero-order valence-corrected chi connectivity index (χ0v) is 16.8. The summed E-state index contributed by atoms with van der Waals surface area (Å²) >= 11 is 6.14. The monoisotopic (exact) mass is 426 g/mol. The van der Waals surface area contributed by atoms with Crippen LogP contribution in [0.2, 0.25) is 5.02 Å². The number of morpholine rings is 1. The van der Waals surface area contributed by atoms with Gasteiger partial charge in [0.1, 0.15) is 11.9 Å². The molecule has 8 heteroatoms. The quantitative estimate of drug-likeness (QED) is 0.669. The Morgan fingerprint density at radius 2 is 2.00 bits per heavy atom. The Bertz CT molecular complexity index is 1030. The summed E-state index contributed by atoms with van der Waals surface area (Å²) in [6, 6.07) is 13.1. The van der Waals surface area contributed by atoms with Gasteiger partial charge in [-0.25, -0.2) is 4.39 Å². The molecule has 30 heavy (non-hydrogen) atoms. The minimum atomic E-state index is -0.344. The van der Waals surface area contributed by atoms with E-state index >= 15 is 0 Å². The Kier molecular flexibility index (Phi) is 6.32. The van der Waals surface area contributed by atoms with Crippen LogP contribution in [0.15, 0.2) is 60.9 Å².